The Kier molecular flexibility index (Phi) is 6.11. The summed E-state index contributed by atoms with van der Waals surface area (Å²) in [6.45, 7) is 9.73. The van der Waals surface area contributed by atoms with Gasteiger partial charge in [-0.05, 0) is 113 Å². The second-order valence-corrected chi connectivity index (χ2v) is 21.4. The highest BCUT2D eigenvalue weighted by Gasteiger charge is 2.28. The summed E-state index contributed by atoms with van der Waals surface area (Å²) < 4.78 is 13.1. The van der Waals surface area contributed by atoms with Gasteiger partial charge < -0.3 is 9.47 Å². The van der Waals surface area contributed by atoms with Gasteiger partial charge in [0.2, 0.25) is 0 Å². The average molecular weight is 721 g/mol. The minimum absolute atomic E-state index is 0.913. The Morgan fingerprint density at radius 2 is 0.782 bits per heavy atom. The number of hydrogen-bond acceptors (Lipinski definition) is 2. The maximum Gasteiger partial charge on any atom is 0.135 e. The Labute approximate surface area is 320 Å². The molecule has 0 N–H and O–H groups in total. The van der Waals surface area contributed by atoms with Gasteiger partial charge >= 0.3 is 0 Å². The van der Waals surface area contributed by atoms with E-state index in [4.69, 9.17) is 9.47 Å². The van der Waals surface area contributed by atoms with Gasteiger partial charge in [-0.2, -0.15) is 0 Å². The van der Waals surface area contributed by atoms with Crippen LogP contribution in [-0.4, -0.2) is 8.07 Å². The zero-order valence-electron chi connectivity index (χ0n) is 31.2. The summed E-state index contributed by atoms with van der Waals surface area (Å²) in [4.78, 5) is 0. The highest BCUT2D eigenvalue weighted by Crippen LogP contribution is 2.52. The van der Waals surface area contributed by atoms with Gasteiger partial charge in [-0.1, -0.05) is 146 Å². The molecule has 0 aromatic heterocycles. The average Bonchev–Trinajstić information content (AvgIpc) is 3.20. The summed E-state index contributed by atoms with van der Waals surface area (Å²) in [7, 11) is -1.83. The van der Waals surface area contributed by atoms with E-state index in [2.05, 4.69) is 160 Å². The van der Waals surface area contributed by atoms with Crippen molar-refractivity contribution in [1.82, 2.24) is 0 Å². The molecule has 2 aliphatic rings. The molecule has 0 atom stereocenters. The first-order valence-electron chi connectivity index (χ1n) is 19.3. The van der Waals surface area contributed by atoms with Crippen molar-refractivity contribution in [2.75, 3.05) is 0 Å². The number of aryl methyl sites for hydroxylation is 1. The summed E-state index contributed by atoms with van der Waals surface area (Å²) in [6.07, 6.45) is 0. The van der Waals surface area contributed by atoms with Crippen molar-refractivity contribution in [2.45, 2.75) is 26.6 Å². The van der Waals surface area contributed by atoms with Crippen LogP contribution in [0.5, 0.6) is 23.0 Å². The Bertz CT molecular complexity index is 3310. The van der Waals surface area contributed by atoms with E-state index >= 15 is 0 Å². The van der Waals surface area contributed by atoms with Crippen LogP contribution in [0.25, 0.3) is 98.4 Å². The maximum absolute atomic E-state index is 6.54. The molecule has 3 heteroatoms. The molecular weight excluding hydrogens is 685 g/mol. The standard InChI is InChI=1S/C52H36O2Si/c1-29-27-42(31-20-22-38-34-12-6-8-17-45(34)53-46-18-10-15-36(31)50(38)46)39-23-24-41-48(55(2,3)4)28-43(40-21-19-30(29)51(39)52(40)41)32-25-26-47-49-35(32)13-9-14-37(49)33-11-5-7-16-44(33)54-47/h5-28H,1-4H3. The molecule has 260 valence electrons. The van der Waals surface area contributed by atoms with Gasteiger partial charge in [0.05, 0.1) is 8.07 Å². The molecule has 12 rings (SSSR count). The van der Waals surface area contributed by atoms with E-state index in [0.717, 1.165) is 34.1 Å². The molecule has 0 saturated heterocycles. The molecule has 10 aromatic carbocycles. The Morgan fingerprint density at radius 3 is 1.45 bits per heavy atom. The first kappa shape index (κ1) is 31.0. The minimum atomic E-state index is -1.83. The van der Waals surface area contributed by atoms with Crippen LogP contribution >= 0.6 is 0 Å². The third-order valence-corrected chi connectivity index (χ3v) is 14.3. The molecule has 2 heterocycles. The number of ether oxygens (including phenoxy) is 2. The van der Waals surface area contributed by atoms with Crippen molar-refractivity contribution in [3.63, 3.8) is 0 Å². The minimum Gasteiger partial charge on any atom is -0.456 e. The predicted molar refractivity (Wildman–Crippen MR) is 235 cm³/mol. The molecule has 55 heavy (non-hydrogen) atoms. The summed E-state index contributed by atoms with van der Waals surface area (Å²) >= 11 is 0. The van der Waals surface area contributed by atoms with Crippen molar-refractivity contribution in [3.05, 3.63) is 151 Å². The Morgan fingerprint density at radius 1 is 0.327 bits per heavy atom. The van der Waals surface area contributed by atoms with Crippen LogP contribution in [-0.2, 0) is 0 Å². The topological polar surface area (TPSA) is 18.5 Å². The van der Waals surface area contributed by atoms with Gasteiger partial charge in [0.1, 0.15) is 23.0 Å². The van der Waals surface area contributed by atoms with Gasteiger partial charge in [-0.15, -0.1) is 0 Å². The van der Waals surface area contributed by atoms with Gasteiger partial charge in [-0.25, -0.2) is 0 Å². The molecular formula is C52H36O2Si. The first-order chi connectivity index (χ1) is 26.8. The van der Waals surface area contributed by atoms with Crippen molar-refractivity contribution < 1.29 is 9.47 Å². The molecule has 0 saturated carbocycles. The molecule has 0 aliphatic carbocycles. The van der Waals surface area contributed by atoms with E-state index in [1.165, 1.54) is 98.0 Å². The highest BCUT2D eigenvalue weighted by molar-refractivity contribution is 6.90. The van der Waals surface area contributed by atoms with Crippen LogP contribution in [0, 0.1) is 6.92 Å². The van der Waals surface area contributed by atoms with Crippen LogP contribution in [0.3, 0.4) is 0 Å². The quantitative estimate of drug-likeness (QED) is 0.134. The molecule has 2 nitrogen and oxygen atoms in total. The normalized spacial score (nSPS) is 13.0. The monoisotopic (exact) mass is 720 g/mol. The Balaban J connectivity index is 1.17. The van der Waals surface area contributed by atoms with Crippen molar-refractivity contribution in [1.29, 1.82) is 0 Å². The van der Waals surface area contributed by atoms with Crippen LogP contribution in [0.2, 0.25) is 19.6 Å². The third-order valence-electron chi connectivity index (χ3n) is 12.3. The fourth-order valence-electron chi connectivity index (χ4n) is 9.86. The maximum atomic E-state index is 6.54. The number of para-hydroxylation sites is 2. The van der Waals surface area contributed by atoms with Crippen LogP contribution in [0.4, 0.5) is 0 Å². The van der Waals surface area contributed by atoms with E-state index in [9.17, 15) is 0 Å². The summed E-state index contributed by atoms with van der Waals surface area (Å²) in [5, 5.41) is 14.3. The van der Waals surface area contributed by atoms with E-state index in [1.807, 2.05) is 12.1 Å². The lowest BCUT2D eigenvalue weighted by atomic mass is 9.83. The van der Waals surface area contributed by atoms with Crippen molar-refractivity contribution in [3.8, 4) is 67.5 Å². The summed E-state index contributed by atoms with van der Waals surface area (Å²) in [5.74, 6) is 3.67. The van der Waals surface area contributed by atoms with Crippen molar-refractivity contribution >= 4 is 67.1 Å². The summed E-state index contributed by atoms with van der Waals surface area (Å²) in [6, 6.07) is 53.7. The SMILES string of the molecule is Cc1cc(-c2ccc3c4c(cccc24)Oc2ccccc2-3)c2ccc3c([Si](C)(C)C)cc(-c4ccc5c6c(cccc46)-c4ccccc4O5)c4ccc1c2c43. The number of fused-ring (bicyclic) bond motifs is 4. The zero-order valence-corrected chi connectivity index (χ0v) is 32.2. The van der Waals surface area contributed by atoms with Gasteiger partial charge in [0.15, 0.2) is 0 Å². The van der Waals surface area contributed by atoms with E-state index in [-0.39, 0.29) is 0 Å². The Hall–Kier alpha value is -6.42. The molecule has 0 amide bonds. The molecule has 10 aromatic rings. The highest BCUT2D eigenvalue weighted by atomic mass is 28.3. The smallest absolute Gasteiger partial charge is 0.135 e. The van der Waals surface area contributed by atoms with Crippen LogP contribution in [0.1, 0.15) is 5.56 Å². The molecule has 0 bridgehead atoms. The van der Waals surface area contributed by atoms with Gasteiger partial charge in [-0.3, -0.25) is 0 Å². The molecule has 0 unspecified atom stereocenters. The molecule has 2 aliphatic heterocycles. The number of hydrogen-bond donors (Lipinski definition) is 0. The predicted octanol–water partition coefficient (Wildman–Crippen LogP) is 14.6. The zero-order chi connectivity index (χ0) is 36.7. The fourth-order valence-corrected chi connectivity index (χ4v) is 11.5. The first-order valence-corrected chi connectivity index (χ1v) is 22.8. The van der Waals surface area contributed by atoms with Gasteiger partial charge in [0.25, 0.3) is 0 Å². The van der Waals surface area contributed by atoms with E-state index in [1.54, 1.807) is 0 Å². The van der Waals surface area contributed by atoms with Crippen molar-refractivity contribution in [2.24, 2.45) is 0 Å². The summed E-state index contributed by atoms with van der Waals surface area (Å²) in [5.41, 5.74) is 11.1. The lowest BCUT2D eigenvalue weighted by Crippen LogP contribution is -2.38. The van der Waals surface area contributed by atoms with E-state index in [0.29, 0.717) is 0 Å². The number of rotatable bonds is 3. The van der Waals surface area contributed by atoms with Crippen LogP contribution in [0.15, 0.2) is 146 Å². The fraction of sp³-hybridized carbons (Fsp3) is 0.0769. The second-order valence-electron chi connectivity index (χ2n) is 16.4. The van der Waals surface area contributed by atoms with E-state index < -0.39 is 8.07 Å². The molecule has 0 radical (unpaired) electrons. The molecule has 0 fully saturated rings. The second kappa shape index (κ2) is 10.8. The largest absolute Gasteiger partial charge is 0.456 e. The van der Waals surface area contributed by atoms with Gasteiger partial charge in [0, 0.05) is 21.9 Å². The lowest BCUT2D eigenvalue weighted by Gasteiger charge is -2.27. The van der Waals surface area contributed by atoms with Crippen LogP contribution < -0.4 is 14.7 Å². The number of benzene rings is 10. The molecule has 0 spiro atoms. The third kappa shape index (κ3) is 4.19. The lowest BCUT2D eigenvalue weighted by molar-refractivity contribution is 0.487.